The van der Waals surface area contributed by atoms with Crippen LogP contribution in [-0.2, 0) is 0 Å². The Bertz CT molecular complexity index is 691. The molecule has 7 heteroatoms. The first kappa shape index (κ1) is 15.7. The second-order valence-corrected chi connectivity index (χ2v) is 6.06. The van der Waals surface area contributed by atoms with Crippen molar-refractivity contribution in [3.8, 4) is 0 Å². The maximum Gasteiger partial charge on any atom is 0.276 e. The molecule has 1 heterocycles. The van der Waals surface area contributed by atoms with Gasteiger partial charge in [-0.05, 0) is 34.1 Å². The molecule has 110 valence electrons. The summed E-state index contributed by atoms with van der Waals surface area (Å²) in [5, 5.41) is 3.32. The highest BCUT2D eigenvalue weighted by atomic mass is 79.9. The molecule has 1 aromatic carbocycles. The summed E-state index contributed by atoms with van der Waals surface area (Å²) >= 11 is 9.21. The van der Waals surface area contributed by atoms with Crippen LogP contribution >= 0.6 is 27.5 Å². The number of carbonyl (C=O) groups excluding carboxylic acids is 1. The van der Waals surface area contributed by atoms with E-state index in [0.717, 1.165) is 0 Å². The van der Waals surface area contributed by atoms with Gasteiger partial charge in [-0.25, -0.2) is 9.97 Å². The number of hydrogen-bond donors (Lipinski definition) is 2. The molecule has 21 heavy (non-hydrogen) atoms. The first-order chi connectivity index (χ1) is 9.88. The van der Waals surface area contributed by atoms with Crippen molar-refractivity contribution in [3.05, 3.63) is 45.4 Å². The maximum atomic E-state index is 12.3. The van der Waals surface area contributed by atoms with E-state index in [2.05, 4.69) is 31.2 Å². The molecule has 1 amide bonds. The van der Waals surface area contributed by atoms with E-state index in [0.29, 0.717) is 21.0 Å². The third-order valence-corrected chi connectivity index (χ3v) is 3.64. The van der Waals surface area contributed by atoms with E-state index in [1.165, 1.54) is 6.20 Å². The summed E-state index contributed by atoms with van der Waals surface area (Å²) in [6, 6.07) is 5.08. The van der Waals surface area contributed by atoms with E-state index in [1.807, 2.05) is 13.8 Å². The van der Waals surface area contributed by atoms with Crippen LogP contribution in [0.15, 0.2) is 28.9 Å². The van der Waals surface area contributed by atoms with Crippen LogP contribution in [-0.4, -0.2) is 15.9 Å². The van der Waals surface area contributed by atoms with Gasteiger partial charge < -0.3 is 11.1 Å². The van der Waals surface area contributed by atoms with Crippen molar-refractivity contribution in [1.82, 2.24) is 9.97 Å². The van der Waals surface area contributed by atoms with Gasteiger partial charge in [0.25, 0.3) is 5.91 Å². The Hall–Kier alpha value is -1.66. The van der Waals surface area contributed by atoms with Gasteiger partial charge in [-0.2, -0.15) is 0 Å². The average molecular weight is 370 g/mol. The number of nitrogens with one attached hydrogen (secondary N) is 1. The van der Waals surface area contributed by atoms with Crippen LogP contribution in [0.1, 0.15) is 36.1 Å². The zero-order chi connectivity index (χ0) is 15.6. The van der Waals surface area contributed by atoms with Crippen LogP contribution < -0.4 is 11.1 Å². The number of nitrogens with zero attached hydrogens (tertiary/aromatic N) is 2. The van der Waals surface area contributed by atoms with Crippen LogP contribution in [0.4, 0.5) is 11.4 Å². The van der Waals surface area contributed by atoms with Gasteiger partial charge in [-0.3, -0.25) is 4.79 Å². The van der Waals surface area contributed by atoms with E-state index in [1.54, 1.807) is 18.2 Å². The van der Waals surface area contributed by atoms with E-state index >= 15 is 0 Å². The van der Waals surface area contributed by atoms with Crippen molar-refractivity contribution in [2.45, 2.75) is 19.8 Å². The standard InChI is InChI=1S/C14H14BrClN4O/c1-7(2)13-18-6-10(17)12(20-13)14(21)19-11-4-3-8(16)5-9(11)15/h3-7H,17H2,1-2H3,(H,19,21). The molecule has 0 aliphatic rings. The molecule has 0 aliphatic carbocycles. The Kier molecular flexibility index (Phi) is 4.80. The van der Waals surface area contributed by atoms with Crippen molar-refractivity contribution in [2.24, 2.45) is 0 Å². The van der Waals surface area contributed by atoms with Crippen LogP contribution in [0.5, 0.6) is 0 Å². The lowest BCUT2D eigenvalue weighted by molar-refractivity contribution is 0.102. The summed E-state index contributed by atoms with van der Waals surface area (Å²) in [6.07, 6.45) is 1.45. The molecule has 0 saturated heterocycles. The van der Waals surface area contributed by atoms with Crippen molar-refractivity contribution in [3.63, 3.8) is 0 Å². The summed E-state index contributed by atoms with van der Waals surface area (Å²) in [6.45, 7) is 3.89. The highest BCUT2D eigenvalue weighted by Gasteiger charge is 2.16. The SMILES string of the molecule is CC(C)c1ncc(N)c(C(=O)Nc2ccc(Cl)cc2Br)n1. The molecule has 0 radical (unpaired) electrons. The summed E-state index contributed by atoms with van der Waals surface area (Å²) in [4.78, 5) is 20.7. The third kappa shape index (κ3) is 3.71. The number of carbonyl (C=O) groups is 1. The molecule has 2 aromatic rings. The van der Waals surface area contributed by atoms with Crippen LogP contribution in [0.3, 0.4) is 0 Å². The zero-order valence-electron chi connectivity index (χ0n) is 11.5. The average Bonchev–Trinajstić information content (AvgIpc) is 2.42. The van der Waals surface area contributed by atoms with Crippen molar-refractivity contribution >= 4 is 44.8 Å². The summed E-state index contributed by atoms with van der Waals surface area (Å²) < 4.78 is 0.681. The van der Waals surface area contributed by atoms with E-state index in [-0.39, 0.29) is 23.2 Å². The predicted molar refractivity (Wildman–Crippen MR) is 87.6 cm³/mol. The fraction of sp³-hybridized carbons (Fsp3) is 0.214. The molecule has 1 aromatic heterocycles. The summed E-state index contributed by atoms with van der Waals surface area (Å²) in [5.74, 6) is 0.295. The number of aromatic nitrogens is 2. The first-order valence-corrected chi connectivity index (χ1v) is 7.44. The van der Waals surface area contributed by atoms with Crippen LogP contribution in [0.25, 0.3) is 0 Å². The number of halogens is 2. The minimum Gasteiger partial charge on any atom is -0.396 e. The molecular formula is C14H14BrClN4O. The molecule has 0 aliphatic heterocycles. The normalized spacial score (nSPS) is 10.7. The number of amides is 1. The highest BCUT2D eigenvalue weighted by Crippen LogP contribution is 2.26. The van der Waals surface area contributed by atoms with E-state index in [4.69, 9.17) is 17.3 Å². The number of rotatable bonds is 3. The molecule has 5 nitrogen and oxygen atoms in total. The third-order valence-electron chi connectivity index (χ3n) is 2.75. The molecular weight excluding hydrogens is 356 g/mol. The second kappa shape index (κ2) is 6.41. The maximum absolute atomic E-state index is 12.3. The number of anilines is 2. The Morgan fingerprint density at radius 1 is 1.43 bits per heavy atom. The molecule has 0 spiro atoms. The van der Waals surface area contributed by atoms with Gasteiger partial charge >= 0.3 is 0 Å². The zero-order valence-corrected chi connectivity index (χ0v) is 13.9. The van der Waals surface area contributed by atoms with Crippen molar-refractivity contribution < 1.29 is 4.79 Å². The molecule has 0 bridgehead atoms. The molecule has 0 fully saturated rings. The first-order valence-electron chi connectivity index (χ1n) is 6.27. The second-order valence-electron chi connectivity index (χ2n) is 4.77. The van der Waals surface area contributed by atoms with Crippen molar-refractivity contribution in [2.75, 3.05) is 11.1 Å². The Morgan fingerprint density at radius 3 is 2.76 bits per heavy atom. The molecule has 3 N–H and O–H groups in total. The van der Waals surface area contributed by atoms with Crippen LogP contribution in [0, 0.1) is 0 Å². The topological polar surface area (TPSA) is 80.9 Å². The largest absolute Gasteiger partial charge is 0.396 e. The molecule has 0 unspecified atom stereocenters. The summed E-state index contributed by atoms with van der Waals surface area (Å²) in [7, 11) is 0. The minimum absolute atomic E-state index is 0.111. The predicted octanol–water partition coefficient (Wildman–Crippen LogP) is 3.85. The van der Waals surface area contributed by atoms with Gasteiger partial charge in [0.15, 0.2) is 5.69 Å². The van der Waals surface area contributed by atoms with E-state index in [9.17, 15) is 4.79 Å². The van der Waals surface area contributed by atoms with Gasteiger partial charge in [0, 0.05) is 15.4 Å². The number of hydrogen-bond acceptors (Lipinski definition) is 4. The lowest BCUT2D eigenvalue weighted by Crippen LogP contribution is -2.18. The Labute approximate surface area is 136 Å². The fourth-order valence-corrected chi connectivity index (χ4v) is 2.42. The lowest BCUT2D eigenvalue weighted by Gasteiger charge is -2.10. The van der Waals surface area contributed by atoms with Gasteiger partial charge in [-0.15, -0.1) is 0 Å². The van der Waals surface area contributed by atoms with Crippen molar-refractivity contribution in [1.29, 1.82) is 0 Å². The monoisotopic (exact) mass is 368 g/mol. The fourth-order valence-electron chi connectivity index (χ4n) is 1.64. The highest BCUT2D eigenvalue weighted by molar-refractivity contribution is 9.10. The van der Waals surface area contributed by atoms with Gasteiger partial charge in [-0.1, -0.05) is 25.4 Å². The number of benzene rings is 1. The van der Waals surface area contributed by atoms with Gasteiger partial charge in [0.1, 0.15) is 5.82 Å². The van der Waals surface area contributed by atoms with Gasteiger partial charge in [0.05, 0.1) is 17.6 Å². The smallest absolute Gasteiger partial charge is 0.276 e. The molecule has 0 atom stereocenters. The quantitative estimate of drug-likeness (QED) is 0.861. The Balaban J connectivity index is 2.30. The molecule has 0 saturated carbocycles. The van der Waals surface area contributed by atoms with E-state index < -0.39 is 0 Å². The van der Waals surface area contributed by atoms with Crippen LogP contribution in [0.2, 0.25) is 5.02 Å². The number of nitrogens with two attached hydrogens (primary N) is 1. The lowest BCUT2D eigenvalue weighted by atomic mass is 10.2. The van der Waals surface area contributed by atoms with Gasteiger partial charge in [0.2, 0.25) is 0 Å². The minimum atomic E-state index is -0.389. The number of nitrogen functional groups attached to an aromatic ring is 1. The summed E-state index contributed by atoms with van der Waals surface area (Å²) in [5.41, 5.74) is 6.78. The molecule has 2 rings (SSSR count). The Morgan fingerprint density at radius 2 is 2.14 bits per heavy atom.